The standard InChI is InChI=1S/C30H36F3N7O4S/c1-28(2)13-11-20-6-5-17-38(3)22-7-4-8-25(34-22)45(42,43)37-27(41)21-9-10-23(35-26(21)40(20)28)39-18-12-24(36-39)44-19-16-29(14-15-29)30(31,32)33/h4,7-10,12,18,20H,5-6,11,13-17,19H2,1-3H3,(H,37,41)/t20-/m1/s1. The second-order valence-electron chi connectivity index (χ2n) is 12.7. The lowest BCUT2D eigenvalue weighted by Crippen LogP contribution is -2.45. The van der Waals surface area contributed by atoms with Crippen molar-refractivity contribution in [3.8, 4) is 11.7 Å². The van der Waals surface area contributed by atoms with Crippen LogP contribution in [0, 0.1) is 5.41 Å². The summed E-state index contributed by atoms with van der Waals surface area (Å²) in [4.78, 5) is 26.8. The van der Waals surface area contributed by atoms with E-state index < -0.39 is 33.1 Å². The normalized spacial score (nSPS) is 22.2. The van der Waals surface area contributed by atoms with Crippen LogP contribution < -0.4 is 19.3 Å². The molecule has 1 amide bonds. The smallest absolute Gasteiger partial charge is 0.394 e. The van der Waals surface area contributed by atoms with E-state index in [-0.39, 0.29) is 48.4 Å². The molecule has 15 heteroatoms. The van der Waals surface area contributed by atoms with Crippen molar-refractivity contribution in [1.29, 1.82) is 0 Å². The summed E-state index contributed by atoms with van der Waals surface area (Å²) in [5, 5.41) is 4.10. The van der Waals surface area contributed by atoms with Crippen molar-refractivity contribution in [2.75, 3.05) is 30.0 Å². The van der Waals surface area contributed by atoms with Crippen molar-refractivity contribution < 1.29 is 31.1 Å². The number of nitrogens with zero attached hydrogens (tertiary/aromatic N) is 6. The van der Waals surface area contributed by atoms with Gasteiger partial charge < -0.3 is 14.5 Å². The number of aromatic nitrogens is 4. The number of ether oxygens (including phenoxy) is 1. The van der Waals surface area contributed by atoms with Crippen LogP contribution in [0.5, 0.6) is 5.88 Å². The minimum Gasteiger partial charge on any atom is -0.477 e. The summed E-state index contributed by atoms with van der Waals surface area (Å²) in [6.07, 6.45) is 0.689. The maximum Gasteiger partial charge on any atom is 0.394 e. The molecule has 1 atom stereocenters. The van der Waals surface area contributed by atoms with E-state index in [0.29, 0.717) is 24.0 Å². The number of fused-ring (bicyclic) bond motifs is 5. The van der Waals surface area contributed by atoms with Crippen LogP contribution in [-0.2, 0) is 10.0 Å². The highest BCUT2D eigenvalue weighted by molar-refractivity contribution is 7.90. The zero-order valence-electron chi connectivity index (χ0n) is 25.3. The fourth-order valence-corrected chi connectivity index (χ4v) is 7.22. The molecule has 0 radical (unpaired) electrons. The fraction of sp³-hybridized carbons (Fsp3) is 0.533. The number of sulfonamides is 1. The number of alkyl halides is 3. The summed E-state index contributed by atoms with van der Waals surface area (Å²) >= 11 is 0. The number of anilines is 2. The van der Waals surface area contributed by atoms with E-state index >= 15 is 0 Å². The van der Waals surface area contributed by atoms with Crippen LogP contribution >= 0.6 is 0 Å². The zero-order valence-corrected chi connectivity index (χ0v) is 26.2. The Hall–Kier alpha value is -3.88. The van der Waals surface area contributed by atoms with Crippen LogP contribution in [0.3, 0.4) is 0 Å². The molecule has 0 unspecified atom stereocenters. The molecule has 3 aromatic rings. The van der Waals surface area contributed by atoms with Gasteiger partial charge in [0.15, 0.2) is 10.8 Å². The van der Waals surface area contributed by atoms with Gasteiger partial charge in [-0.3, -0.25) is 4.79 Å². The summed E-state index contributed by atoms with van der Waals surface area (Å²) in [5.41, 5.74) is -1.98. The second kappa shape index (κ2) is 11.2. The number of hydrogen-bond donors (Lipinski definition) is 1. The first kappa shape index (κ1) is 31.1. The first-order valence-corrected chi connectivity index (χ1v) is 16.5. The maximum absolute atomic E-state index is 13.7. The van der Waals surface area contributed by atoms with Crippen molar-refractivity contribution in [1.82, 2.24) is 24.5 Å². The number of carbonyl (C=O) groups excluding carboxylic acids is 1. The van der Waals surface area contributed by atoms with Crippen molar-refractivity contribution in [3.63, 3.8) is 0 Å². The molecule has 11 nitrogen and oxygen atoms in total. The Kier molecular flexibility index (Phi) is 7.73. The Bertz CT molecular complexity index is 1710. The summed E-state index contributed by atoms with van der Waals surface area (Å²) in [6.45, 7) is 4.65. The molecule has 3 aliphatic rings. The average molecular weight is 648 g/mol. The topological polar surface area (TPSA) is 123 Å². The number of nitrogens with one attached hydrogen (secondary N) is 1. The molecule has 1 saturated carbocycles. The molecule has 5 heterocycles. The molecule has 0 aromatic carbocycles. The van der Waals surface area contributed by atoms with Gasteiger partial charge in [-0.25, -0.2) is 19.4 Å². The summed E-state index contributed by atoms with van der Waals surface area (Å²) < 4.78 is 75.6. The number of carbonyl (C=O) groups is 1. The van der Waals surface area contributed by atoms with E-state index in [4.69, 9.17) is 9.72 Å². The van der Waals surface area contributed by atoms with Crippen molar-refractivity contribution in [3.05, 3.63) is 48.2 Å². The molecule has 1 saturated heterocycles. The van der Waals surface area contributed by atoms with Crippen molar-refractivity contribution in [2.45, 2.75) is 81.6 Å². The lowest BCUT2D eigenvalue weighted by atomic mass is 10.0. The first-order chi connectivity index (χ1) is 21.2. The van der Waals surface area contributed by atoms with Gasteiger partial charge >= 0.3 is 6.18 Å². The van der Waals surface area contributed by atoms with E-state index in [2.05, 4.69) is 33.6 Å². The predicted octanol–water partition coefficient (Wildman–Crippen LogP) is 4.87. The highest BCUT2D eigenvalue weighted by Crippen LogP contribution is 2.59. The van der Waals surface area contributed by atoms with Crippen LogP contribution in [0.15, 0.2) is 47.6 Å². The molecule has 242 valence electrons. The number of rotatable bonds is 5. The van der Waals surface area contributed by atoms with Crippen LogP contribution in [-0.4, -0.2) is 72.0 Å². The van der Waals surface area contributed by atoms with Gasteiger partial charge in [0, 0.05) is 37.4 Å². The first-order valence-electron chi connectivity index (χ1n) is 15.0. The molecule has 0 spiro atoms. The summed E-state index contributed by atoms with van der Waals surface area (Å²) in [7, 11) is -2.46. The quantitative estimate of drug-likeness (QED) is 0.413. The van der Waals surface area contributed by atoms with Gasteiger partial charge in [0.1, 0.15) is 11.6 Å². The Labute approximate surface area is 259 Å². The molecule has 2 aliphatic heterocycles. The largest absolute Gasteiger partial charge is 0.477 e. The van der Waals surface area contributed by atoms with Crippen LogP contribution in [0.1, 0.15) is 69.2 Å². The second-order valence-corrected chi connectivity index (χ2v) is 14.4. The molecule has 2 fully saturated rings. The Morgan fingerprint density at radius 2 is 1.82 bits per heavy atom. The van der Waals surface area contributed by atoms with E-state index in [0.717, 1.165) is 25.7 Å². The Morgan fingerprint density at radius 3 is 2.56 bits per heavy atom. The predicted molar refractivity (Wildman–Crippen MR) is 160 cm³/mol. The lowest BCUT2D eigenvalue weighted by molar-refractivity contribution is -0.190. The molecular weight excluding hydrogens is 611 g/mol. The molecule has 1 aliphatic carbocycles. The molecule has 45 heavy (non-hydrogen) atoms. The third-order valence-electron chi connectivity index (χ3n) is 9.16. The van der Waals surface area contributed by atoms with Gasteiger partial charge in [-0.1, -0.05) is 6.07 Å². The van der Waals surface area contributed by atoms with Gasteiger partial charge in [0.05, 0.1) is 17.6 Å². The molecular formula is C30H36F3N7O4S. The van der Waals surface area contributed by atoms with E-state index in [1.807, 2.05) is 11.9 Å². The van der Waals surface area contributed by atoms with Crippen molar-refractivity contribution in [2.24, 2.45) is 5.41 Å². The summed E-state index contributed by atoms with van der Waals surface area (Å²) in [5.74, 6) is 0.458. The average Bonchev–Trinajstić information content (AvgIpc) is 3.53. The van der Waals surface area contributed by atoms with Gasteiger partial charge in [-0.05, 0) is 83.1 Å². The Morgan fingerprint density at radius 1 is 1.04 bits per heavy atom. The SMILES string of the molecule is CN1CCC[C@@H]2CCC(C)(C)N2c2nc(-n3ccc(OCCC4(C(F)(F)F)CC4)n3)ccc2C(=O)NS(=O)(=O)c2cccc1n2. The van der Waals surface area contributed by atoms with E-state index in [1.54, 1.807) is 30.5 Å². The fourth-order valence-electron chi connectivity index (χ4n) is 6.29. The highest BCUT2D eigenvalue weighted by Gasteiger charge is 2.62. The number of amides is 1. The van der Waals surface area contributed by atoms with Gasteiger partial charge in [-0.15, -0.1) is 5.10 Å². The van der Waals surface area contributed by atoms with Gasteiger partial charge in [0.2, 0.25) is 5.88 Å². The number of halogens is 3. The van der Waals surface area contributed by atoms with Crippen LogP contribution in [0.4, 0.5) is 24.8 Å². The highest BCUT2D eigenvalue weighted by atomic mass is 32.2. The van der Waals surface area contributed by atoms with Crippen molar-refractivity contribution >= 4 is 27.6 Å². The third-order valence-corrected chi connectivity index (χ3v) is 10.4. The molecule has 2 bridgehead atoms. The number of pyridine rings is 2. The minimum atomic E-state index is -4.31. The number of hydrogen-bond acceptors (Lipinski definition) is 9. The molecule has 3 aromatic heterocycles. The third kappa shape index (κ3) is 6.06. The van der Waals surface area contributed by atoms with Crippen LogP contribution in [0.2, 0.25) is 0 Å². The Balaban J connectivity index is 1.33. The monoisotopic (exact) mass is 647 g/mol. The lowest BCUT2D eigenvalue weighted by Gasteiger charge is -2.38. The zero-order chi connectivity index (χ0) is 32.2. The minimum absolute atomic E-state index is 0.0291. The summed E-state index contributed by atoms with van der Waals surface area (Å²) in [6, 6.07) is 9.29. The van der Waals surface area contributed by atoms with Gasteiger partial charge in [0.25, 0.3) is 15.9 Å². The van der Waals surface area contributed by atoms with E-state index in [9.17, 15) is 26.4 Å². The molecule has 1 N–H and O–H groups in total. The van der Waals surface area contributed by atoms with Gasteiger partial charge in [-0.2, -0.15) is 21.6 Å². The van der Waals surface area contributed by atoms with E-state index in [1.165, 1.54) is 16.8 Å². The molecule has 6 rings (SSSR count). The van der Waals surface area contributed by atoms with Crippen LogP contribution in [0.25, 0.3) is 5.82 Å². The maximum atomic E-state index is 13.7.